The zero-order valence-electron chi connectivity index (χ0n) is 22.6. The van der Waals surface area contributed by atoms with Gasteiger partial charge in [-0.25, -0.2) is 0 Å². The average molecular weight is 529 g/mol. The third-order valence-corrected chi connectivity index (χ3v) is 6.75. The number of carbonyl (C=O) groups is 4. The molecular formula is C31H36N4O4. The Kier molecular flexibility index (Phi) is 10.4. The molecule has 0 unspecified atom stereocenters. The summed E-state index contributed by atoms with van der Waals surface area (Å²) in [6.45, 7) is 1.35. The fraction of sp³-hybridized carbons (Fsp3) is 0.290. The summed E-state index contributed by atoms with van der Waals surface area (Å²) in [6.07, 6.45) is 0.738. The molecule has 0 saturated carbocycles. The fourth-order valence-corrected chi connectivity index (χ4v) is 4.58. The maximum absolute atomic E-state index is 14.0. The Morgan fingerprint density at radius 2 is 1.03 bits per heavy atom. The monoisotopic (exact) mass is 528 g/mol. The van der Waals surface area contributed by atoms with E-state index >= 15 is 0 Å². The second-order valence-corrected chi connectivity index (χ2v) is 9.65. The predicted molar refractivity (Wildman–Crippen MR) is 150 cm³/mol. The van der Waals surface area contributed by atoms with Crippen molar-refractivity contribution >= 4 is 23.6 Å². The van der Waals surface area contributed by atoms with Crippen LogP contribution in [0.5, 0.6) is 0 Å². The highest BCUT2D eigenvalue weighted by Crippen LogP contribution is 2.17. The number of rotatable bonds is 12. The lowest BCUT2D eigenvalue weighted by Crippen LogP contribution is -2.58. The minimum absolute atomic E-state index is 0.223. The number of benzene rings is 3. The number of primary amides is 1. The lowest BCUT2D eigenvalue weighted by molar-refractivity contribution is -0.148. The van der Waals surface area contributed by atoms with Crippen molar-refractivity contribution in [3.63, 3.8) is 0 Å². The third kappa shape index (κ3) is 8.26. The van der Waals surface area contributed by atoms with Gasteiger partial charge in [0.2, 0.25) is 23.6 Å². The molecule has 0 saturated heterocycles. The van der Waals surface area contributed by atoms with Gasteiger partial charge < -0.3 is 20.9 Å². The molecule has 0 spiro atoms. The Balaban J connectivity index is 1.91. The molecule has 0 aliphatic carbocycles. The van der Waals surface area contributed by atoms with Gasteiger partial charge in [-0.05, 0) is 16.7 Å². The Bertz CT molecular complexity index is 1250. The Morgan fingerprint density at radius 3 is 1.44 bits per heavy atom. The van der Waals surface area contributed by atoms with Crippen LogP contribution >= 0.6 is 0 Å². The molecule has 3 aromatic carbocycles. The largest absolute Gasteiger partial charge is 0.368 e. The molecule has 0 bridgehead atoms. The van der Waals surface area contributed by atoms with E-state index in [9.17, 15) is 19.2 Å². The first-order valence-corrected chi connectivity index (χ1v) is 12.9. The van der Waals surface area contributed by atoms with Crippen LogP contribution in [0, 0.1) is 0 Å². The van der Waals surface area contributed by atoms with Crippen LogP contribution in [0.15, 0.2) is 91.0 Å². The van der Waals surface area contributed by atoms with E-state index in [4.69, 9.17) is 5.73 Å². The SMILES string of the molecule is CC(=O)N[C@@H](Cc1ccccc1)C(=O)N(C)[C@@H](Cc1ccccc1)C(=O)N(C)[C@@H](Cc1ccccc1)C(N)=O. The summed E-state index contributed by atoms with van der Waals surface area (Å²) in [5, 5.41) is 2.74. The smallest absolute Gasteiger partial charge is 0.246 e. The summed E-state index contributed by atoms with van der Waals surface area (Å²) in [7, 11) is 3.09. The maximum Gasteiger partial charge on any atom is 0.246 e. The van der Waals surface area contributed by atoms with Gasteiger partial charge in [0.25, 0.3) is 0 Å². The van der Waals surface area contributed by atoms with E-state index in [2.05, 4.69) is 5.32 Å². The van der Waals surface area contributed by atoms with Crippen molar-refractivity contribution in [2.45, 2.75) is 44.3 Å². The molecule has 204 valence electrons. The molecule has 3 N–H and O–H groups in total. The van der Waals surface area contributed by atoms with Crippen molar-refractivity contribution in [2.24, 2.45) is 5.73 Å². The molecule has 0 heterocycles. The molecule has 3 atom stereocenters. The maximum atomic E-state index is 14.0. The molecule has 8 heteroatoms. The van der Waals surface area contributed by atoms with Crippen LogP contribution in [-0.4, -0.2) is 65.6 Å². The summed E-state index contributed by atoms with van der Waals surface area (Å²) in [5.74, 6) is -1.81. The molecule has 4 amide bonds. The number of hydrogen-bond acceptors (Lipinski definition) is 4. The second kappa shape index (κ2) is 13.9. The lowest BCUT2D eigenvalue weighted by Gasteiger charge is -2.35. The van der Waals surface area contributed by atoms with Gasteiger partial charge >= 0.3 is 0 Å². The van der Waals surface area contributed by atoms with Crippen molar-refractivity contribution in [3.8, 4) is 0 Å². The van der Waals surface area contributed by atoms with Gasteiger partial charge in [-0.15, -0.1) is 0 Å². The third-order valence-electron chi connectivity index (χ3n) is 6.75. The summed E-state index contributed by atoms with van der Waals surface area (Å²) < 4.78 is 0. The summed E-state index contributed by atoms with van der Waals surface area (Å²) in [5.41, 5.74) is 8.32. The number of nitrogens with two attached hydrogens (primary N) is 1. The molecule has 0 fully saturated rings. The lowest BCUT2D eigenvalue weighted by atomic mass is 9.99. The van der Waals surface area contributed by atoms with Gasteiger partial charge in [0.1, 0.15) is 18.1 Å². The molecule has 0 aromatic heterocycles. The highest BCUT2D eigenvalue weighted by molar-refractivity contribution is 5.94. The van der Waals surface area contributed by atoms with Gasteiger partial charge in [0.15, 0.2) is 0 Å². The number of nitrogens with zero attached hydrogens (tertiary/aromatic N) is 2. The number of carbonyl (C=O) groups excluding carboxylic acids is 4. The van der Waals surface area contributed by atoms with Crippen LogP contribution in [0.4, 0.5) is 0 Å². The number of amides is 4. The molecule has 3 rings (SSSR count). The van der Waals surface area contributed by atoms with E-state index in [0.29, 0.717) is 0 Å². The van der Waals surface area contributed by atoms with Crippen LogP contribution in [0.2, 0.25) is 0 Å². The standard InChI is InChI=1S/C31H36N4O4/c1-22(36)33-26(19-23-13-7-4-8-14-23)30(38)35(3)28(21-25-17-11-6-12-18-25)31(39)34(2)27(29(32)37)20-24-15-9-5-10-16-24/h4-18,26-28H,19-21H2,1-3H3,(H2,32,37)(H,33,36)/t26-,27-,28-/m0/s1. The molecule has 3 aromatic rings. The highest BCUT2D eigenvalue weighted by atomic mass is 16.2. The highest BCUT2D eigenvalue weighted by Gasteiger charge is 2.36. The number of likely N-dealkylation sites (N-methyl/N-ethyl adjacent to an activating group) is 2. The fourth-order valence-electron chi connectivity index (χ4n) is 4.58. The Labute approximate surface area is 229 Å². The van der Waals surface area contributed by atoms with E-state index in [1.165, 1.54) is 23.8 Å². The summed E-state index contributed by atoms with van der Waals surface area (Å²) in [6, 6.07) is 25.3. The van der Waals surface area contributed by atoms with E-state index in [0.717, 1.165) is 16.7 Å². The predicted octanol–water partition coefficient (Wildman–Crippen LogP) is 2.36. The van der Waals surface area contributed by atoms with Crippen molar-refractivity contribution in [3.05, 3.63) is 108 Å². The topological polar surface area (TPSA) is 113 Å². The molecule has 39 heavy (non-hydrogen) atoms. The second-order valence-electron chi connectivity index (χ2n) is 9.65. The van der Waals surface area contributed by atoms with Crippen molar-refractivity contribution in [2.75, 3.05) is 14.1 Å². The Morgan fingerprint density at radius 1 is 0.641 bits per heavy atom. The summed E-state index contributed by atoms with van der Waals surface area (Å²) >= 11 is 0. The molecular weight excluding hydrogens is 492 g/mol. The van der Waals surface area contributed by atoms with Crippen molar-refractivity contribution in [1.29, 1.82) is 0 Å². The van der Waals surface area contributed by atoms with Crippen LogP contribution in [-0.2, 0) is 38.4 Å². The Hall–Kier alpha value is -4.46. The van der Waals surface area contributed by atoms with Gasteiger partial charge in [-0.3, -0.25) is 19.2 Å². The normalized spacial score (nSPS) is 13.0. The minimum Gasteiger partial charge on any atom is -0.368 e. The van der Waals surface area contributed by atoms with Crippen molar-refractivity contribution in [1.82, 2.24) is 15.1 Å². The molecule has 0 aliphatic rings. The van der Waals surface area contributed by atoms with Crippen LogP contribution in [0.1, 0.15) is 23.6 Å². The molecule has 8 nitrogen and oxygen atoms in total. The van der Waals surface area contributed by atoms with E-state index < -0.39 is 35.8 Å². The van der Waals surface area contributed by atoms with Gasteiger partial charge in [-0.2, -0.15) is 0 Å². The van der Waals surface area contributed by atoms with E-state index in [1.54, 1.807) is 7.05 Å². The van der Waals surface area contributed by atoms with Gasteiger partial charge in [-0.1, -0.05) is 91.0 Å². The zero-order valence-corrected chi connectivity index (χ0v) is 22.6. The van der Waals surface area contributed by atoms with Gasteiger partial charge in [0.05, 0.1) is 0 Å². The van der Waals surface area contributed by atoms with E-state index in [1.807, 2.05) is 91.0 Å². The van der Waals surface area contributed by atoms with Crippen molar-refractivity contribution < 1.29 is 19.2 Å². The van der Waals surface area contributed by atoms with E-state index in [-0.39, 0.29) is 25.2 Å². The first-order chi connectivity index (χ1) is 18.7. The number of nitrogens with one attached hydrogen (secondary N) is 1. The quantitative estimate of drug-likeness (QED) is 0.376. The summed E-state index contributed by atoms with van der Waals surface area (Å²) in [4.78, 5) is 54.9. The average Bonchev–Trinajstić information content (AvgIpc) is 2.94. The van der Waals surface area contributed by atoms with Crippen LogP contribution in [0.25, 0.3) is 0 Å². The molecule has 0 aliphatic heterocycles. The zero-order chi connectivity index (χ0) is 28.4. The van der Waals surface area contributed by atoms with Crippen LogP contribution < -0.4 is 11.1 Å². The molecule has 0 radical (unpaired) electrons. The van der Waals surface area contributed by atoms with Gasteiger partial charge in [0, 0.05) is 40.3 Å². The first kappa shape index (κ1) is 29.1. The number of hydrogen-bond donors (Lipinski definition) is 2. The first-order valence-electron chi connectivity index (χ1n) is 12.9. The minimum atomic E-state index is -0.936. The van der Waals surface area contributed by atoms with Crippen LogP contribution in [0.3, 0.4) is 0 Å².